The highest BCUT2D eigenvalue weighted by Gasteiger charge is 2.06. The van der Waals surface area contributed by atoms with Crippen LogP contribution in [0.25, 0.3) is 0 Å². The van der Waals surface area contributed by atoms with Gasteiger partial charge in [0, 0.05) is 6.04 Å². The van der Waals surface area contributed by atoms with Crippen molar-refractivity contribution >= 4 is 16.1 Å². The molecule has 0 aromatic carbocycles. The van der Waals surface area contributed by atoms with E-state index in [9.17, 15) is 13.2 Å². The summed E-state index contributed by atoms with van der Waals surface area (Å²) in [4.78, 5) is 10.7. The van der Waals surface area contributed by atoms with Gasteiger partial charge in [-0.25, -0.2) is 0 Å². The number of rotatable bonds is 3. The number of carbonyl (C=O) groups excluding carboxylic acids is 1. The van der Waals surface area contributed by atoms with E-state index in [0.717, 1.165) is 6.42 Å². The standard InChI is InChI=1S/C9H13NO2.CH4O3S/c1-12-9(11)7-10-8-5-3-2-4-6-8;1-5(2,3)4/h2-5,8,10H,6-7H2,1H3;1H3,(H,2,3,4). The van der Waals surface area contributed by atoms with Crippen molar-refractivity contribution in [3.8, 4) is 0 Å². The predicted molar refractivity (Wildman–Crippen MR) is 64.2 cm³/mol. The van der Waals surface area contributed by atoms with Crippen molar-refractivity contribution in [3.63, 3.8) is 0 Å². The van der Waals surface area contributed by atoms with E-state index in [1.54, 1.807) is 0 Å². The minimum absolute atomic E-state index is 0.224. The first-order valence-electron chi connectivity index (χ1n) is 4.89. The minimum atomic E-state index is -3.67. The van der Waals surface area contributed by atoms with Crippen LogP contribution in [-0.2, 0) is 19.6 Å². The minimum Gasteiger partial charge on any atom is -0.468 e. The molecule has 17 heavy (non-hydrogen) atoms. The van der Waals surface area contributed by atoms with Crippen molar-refractivity contribution in [2.24, 2.45) is 0 Å². The maximum absolute atomic E-state index is 10.7. The summed E-state index contributed by atoms with van der Waals surface area (Å²) in [5.41, 5.74) is 0. The molecular weight excluding hydrogens is 246 g/mol. The van der Waals surface area contributed by atoms with Crippen LogP contribution in [0.2, 0.25) is 0 Å². The smallest absolute Gasteiger partial charge is 0.319 e. The Morgan fingerprint density at radius 3 is 2.53 bits per heavy atom. The Bertz CT molecular complexity index is 378. The normalized spacial score (nSPS) is 18.2. The summed E-state index contributed by atoms with van der Waals surface area (Å²) in [6, 6.07) is 0.272. The van der Waals surface area contributed by atoms with Crippen molar-refractivity contribution in [3.05, 3.63) is 24.3 Å². The molecule has 0 fully saturated rings. The van der Waals surface area contributed by atoms with Crippen molar-refractivity contribution in [1.82, 2.24) is 5.32 Å². The molecule has 0 radical (unpaired) electrons. The molecule has 0 spiro atoms. The van der Waals surface area contributed by atoms with Gasteiger partial charge >= 0.3 is 5.97 Å². The average Bonchev–Trinajstić information content (AvgIpc) is 2.25. The topological polar surface area (TPSA) is 92.7 Å². The van der Waals surface area contributed by atoms with Gasteiger partial charge in [0.25, 0.3) is 10.1 Å². The summed E-state index contributed by atoms with van der Waals surface area (Å²) in [5.74, 6) is -0.224. The van der Waals surface area contributed by atoms with Gasteiger partial charge in [0.1, 0.15) is 0 Å². The first-order chi connectivity index (χ1) is 7.83. The fourth-order valence-corrected chi connectivity index (χ4v) is 1.02. The highest BCUT2D eigenvalue weighted by atomic mass is 32.2. The lowest BCUT2D eigenvalue weighted by Crippen LogP contribution is -2.32. The van der Waals surface area contributed by atoms with Crippen molar-refractivity contribution in [2.75, 3.05) is 19.9 Å². The summed E-state index contributed by atoms with van der Waals surface area (Å²) >= 11 is 0. The van der Waals surface area contributed by atoms with Gasteiger partial charge in [0.2, 0.25) is 0 Å². The molecule has 0 saturated carbocycles. The first kappa shape index (κ1) is 15.8. The number of methoxy groups -OCH3 is 1. The van der Waals surface area contributed by atoms with Gasteiger partial charge in [0.05, 0.1) is 19.9 Å². The van der Waals surface area contributed by atoms with Crippen LogP contribution in [0.5, 0.6) is 0 Å². The van der Waals surface area contributed by atoms with Crippen LogP contribution in [0.3, 0.4) is 0 Å². The molecule has 0 bridgehead atoms. The van der Waals surface area contributed by atoms with Gasteiger partial charge in [-0.05, 0) is 6.42 Å². The molecule has 1 aliphatic carbocycles. The second kappa shape index (κ2) is 7.99. The van der Waals surface area contributed by atoms with Crippen LogP contribution in [0, 0.1) is 0 Å². The number of carbonyl (C=O) groups is 1. The SMILES string of the molecule is COC(=O)CNC1C=CC=CC1.CS(=O)(=O)O. The average molecular weight is 263 g/mol. The van der Waals surface area contributed by atoms with Gasteiger partial charge in [0.15, 0.2) is 0 Å². The molecule has 2 N–H and O–H groups in total. The zero-order valence-corrected chi connectivity index (χ0v) is 10.6. The molecule has 6 nitrogen and oxygen atoms in total. The lowest BCUT2D eigenvalue weighted by molar-refractivity contribution is -0.139. The first-order valence-corrected chi connectivity index (χ1v) is 6.73. The fraction of sp³-hybridized carbons (Fsp3) is 0.500. The van der Waals surface area contributed by atoms with Crippen LogP contribution in [0.1, 0.15) is 6.42 Å². The van der Waals surface area contributed by atoms with Gasteiger partial charge in [-0.15, -0.1) is 0 Å². The lowest BCUT2D eigenvalue weighted by atomic mass is 10.1. The number of esters is 1. The van der Waals surface area contributed by atoms with E-state index >= 15 is 0 Å². The lowest BCUT2D eigenvalue weighted by Gasteiger charge is -2.13. The third-order valence-electron chi connectivity index (χ3n) is 1.72. The number of hydrogen-bond acceptors (Lipinski definition) is 5. The van der Waals surface area contributed by atoms with E-state index in [4.69, 9.17) is 4.55 Å². The predicted octanol–water partition coefficient (Wildman–Crippen LogP) is 0.138. The molecule has 1 unspecified atom stereocenters. The summed E-state index contributed by atoms with van der Waals surface area (Å²) in [6.45, 7) is 0.277. The van der Waals surface area contributed by atoms with Crippen LogP contribution in [-0.4, -0.2) is 44.9 Å². The number of ether oxygens (including phenoxy) is 1. The molecule has 0 saturated heterocycles. The van der Waals surface area contributed by atoms with Crippen LogP contribution >= 0.6 is 0 Å². The Labute approximate surface area is 101 Å². The Kier molecular flexibility index (Phi) is 7.44. The van der Waals surface area contributed by atoms with Crippen molar-refractivity contribution < 1.29 is 22.5 Å². The van der Waals surface area contributed by atoms with Crippen molar-refractivity contribution in [1.29, 1.82) is 0 Å². The van der Waals surface area contributed by atoms with E-state index in [-0.39, 0.29) is 18.6 Å². The highest BCUT2D eigenvalue weighted by Crippen LogP contribution is 2.01. The highest BCUT2D eigenvalue weighted by molar-refractivity contribution is 7.85. The summed E-state index contributed by atoms with van der Waals surface area (Å²) in [5, 5.41) is 3.06. The van der Waals surface area contributed by atoms with Crippen LogP contribution in [0.15, 0.2) is 24.3 Å². The van der Waals surface area contributed by atoms with Gasteiger partial charge < -0.3 is 10.1 Å². The summed E-state index contributed by atoms with van der Waals surface area (Å²) in [7, 11) is -2.28. The maximum atomic E-state index is 10.7. The molecule has 7 heteroatoms. The molecule has 1 aliphatic rings. The second-order valence-corrected chi connectivity index (χ2v) is 4.81. The Hall–Kier alpha value is -1.18. The molecule has 1 atom stereocenters. The molecule has 0 aromatic rings. The molecule has 0 amide bonds. The third-order valence-corrected chi connectivity index (χ3v) is 1.72. The Balaban J connectivity index is 0.000000437. The largest absolute Gasteiger partial charge is 0.468 e. The molecule has 98 valence electrons. The molecule has 0 aliphatic heterocycles. The van der Waals surface area contributed by atoms with E-state index < -0.39 is 10.1 Å². The van der Waals surface area contributed by atoms with Gasteiger partial charge in [-0.2, -0.15) is 8.42 Å². The molecular formula is C10H17NO5S. The van der Waals surface area contributed by atoms with E-state index in [2.05, 4.69) is 16.1 Å². The number of nitrogens with one attached hydrogen (secondary N) is 1. The van der Waals surface area contributed by atoms with Crippen molar-refractivity contribution in [2.45, 2.75) is 12.5 Å². The number of hydrogen-bond donors (Lipinski definition) is 2. The summed E-state index contributed by atoms with van der Waals surface area (Å²) in [6.07, 6.45) is 9.72. The van der Waals surface area contributed by atoms with Crippen LogP contribution in [0.4, 0.5) is 0 Å². The molecule has 1 rings (SSSR count). The molecule has 0 heterocycles. The Morgan fingerprint density at radius 2 is 2.12 bits per heavy atom. The Morgan fingerprint density at radius 1 is 1.53 bits per heavy atom. The van der Waals surface area contributed by atoms with Crippen LogP contribution < -0.4 is 5.32 Å². The fourth-order valence-electron chi connectivity index (χ4n) is 1.02. The molecule has 0 aromatic heterocycles. The van der Waals surface area contributed by atoms with Gasteiger partial charge in [-0.3, -0.25) is 9.35 Å². The second-order valence-electron chi connectivity index (χ2n) is 3.35. The van der Waals surface area contributed by atoms with E-state index in [1.165, 1.54) is 7.11 Å². The van der Waals surface area contributed by atoms with E-state index in [1.807, 2.05) is 18.2 Å². The number of allylic oxidation sites excluding steroid dienone is 2. The zero-order valence-electron chi connectivity index (χ0n) is 9.79. The summed E-state index contributed by atoms with van der Waals surface area (Å²) < 4.78 is 30.4. The van der Waals surface area contributed by atoms with E-state index in [0.29, 0.717) is 6.26 Å². The third kappa shape index (κ3) is 12.8. The monoisotopic (exact) mass is 263 g/mol. The maximum Gasteiger partial charge on any atom is 0.319 e. The quantitative estimate of drug-likeness (QED) is 0.555. The zero-order chi connectivity index (χ0) is 13.3. The van der Waals surface area contributed by atoms with Gasteiger partial charge in [-0.1, -0.05) is 24.3 Å².